The van der Waals surface area contributed by atoms with Crippen LogP contribution in [0.25, 0.3) is 0 Å². The van der Waals surface area contributed by atoms with Crippen molar-refractivity contribution in [1.29, 1.82) is 0 Å². The van der Waals surface area contributed by atoms with Crippen LogP contribution in [0.2, 0.25) is 0 Å². The summed E-state index contributed by atoms with van der Waals surface area (Å²) in [4.78, 5) is 2.32. The van der Waals surface area contributed by atoms with Gasteiger partial charge in [-0.2, -0.15) is 0 Å². The van der Waals surface area contributed by atoms with Crippen molar-refractivity contribution in [3.05, 3.63) is 23.8 Å². The van der Waals surface area contributed by atoms with Crippen LogP contribution in [0.1, 0.15) is 5.56 Å². The predicted octanol–water partition coefficient (Wildman–Crippen LogP) is 0.558. The van der Waals surface area contributed by atoms with E-state index in [9.17, 15) is 0 Å². The first-order chi connectivity index (χ1) is 7.31. The Kier molecular flexibility index (Phi) is 2.04. The maximum absolute atomic E-state index is 5.73. The van der Waals surface area contributed by atoms with Gasteiger partial charge in [-0.15, -0.1) is 0 Å². The molecule has 0 atom stereocenters. The summed E-state index contributed by atoms with van der Waals surface area (Å²) < 4.78 is 10.6. The van der Waals surface area contributed by atoms with Crippen LogP contribution in [0.3, 0.4) is 0 Å². The molecule has 0 aliphatic carbocycles. The van der Waals surface area contributed by atoms with Crippen molar-refractivity contribution in [2.75, 3.05) is 19.9 Å². The molecule has 4 nitrogen and oxygen atoms in total. The zero-order valence-corrected chi connectivity index (χ0v) is 8.48. The van der Waals surface area contributed by atoms with Gasteiger partial charge < -0.3 is 15.2 Å². The lowest BCUT2D eigenvalue weighted by atomic mass is 10.1. The van der Waals surface area contributed by atoms with Crippen molar-refractivity contribution in [1.82, 2.24) is 4.90 Å². The molecule has 1 saturated heterocycles. The van der Waals surface area contributed by atoms with E-state index >= 15 is 0 Å². The van der Waals surface area contributed by atoms with Gasteiger partial charge in [0.05, 0.1) is 0 Å². The van der Waals surface area contributed by atoms with Crippen LogP contribution >= 0.6 is 0 Å². The summed E-state index contributed by atoms with van der Waals surface area (Å²) in [5, 5.41) is 0. The van der Waals surface area contributed by atoms with Gasteiger partial charge in [0.2, 0.25) is 6.79 Å². The second kappa shape index (κ2) is 3.40. The Hall–Kier alpha value is -1.26. The van der Waals surface area contributed by atoms with Gasteiger partial charge in [-0.05, 0) is 17.7 Å². The highest BCUT2D eigenvalue weighted by atomic mass is 16.7. The molecule has 1 fully saturated rings. The summed E-state index contributed by atoms with van der Waals surface area (Å²) >= 11 is 0. The number of hydrogen-bond acceptors (Lipinski definition) is 4. The quantitative estimate of drug-likeness (QED) is 0.768. The van der Waals surface area contributed by atoms with Crippen molar-refractivity contribution >= 4 is 0 Å². The maximum atomic E-state index is 5.73. The Morgan fingerprint density at radius 3 is 2.87 bits per heavy atom. The number of ether oxygens (including phenoxy) is 2. The molecule has 80 valence electrons. The van der Waals surface area contributed by atoms with E-state index in [1.807, 2.05) is 12.1 Å². The van der Waals surface area contributed by atoms with Gasteiger partial charge in [-0.3, -0.25) is 4.90 Å². The van der Waals surface area contributed by atoms with Crippen LogP contribution in [0.4, 0.5) is 0 Å². The van der Waals surface area contributed by atoms with E-state index in [2.05, 4.69) is 11.0 Å². The van der Waals surface area contributed by atoms with Crippen molar-refractivity contribution in [2.24, 2.45) is 5.73 Å². The zero-order valence-electron chi connectivity index (χ0n) is 8.48. The highest BCUT2D eigenvalue weighted by Crippen LogP contribution is 2.33. The van der Waals surface area contributed by atoms with Gasteiger partial charge in [-0.1, -0.05) is 6.07 Å². The molecule has 0 radical (unpaired) electrons. The fourth-order valence-corrected chi connectivity index (χ4v) is 2.04. The van der Waals surface area contributed by atoms with Crippen LogP contribution < -0.4 is 15.2 Å². The summed E-state index contributed by atoms with van der Waals surface area (Å²) in [6.45, 7) is 3.28. The molecule has 2 N–H and O–H groups in total. The topological polar surface area (TPSA) is 47.7 Å². The van der Waals surface area contributed by atoms with E-state index in [0.717, 1.165) is 31.1 Å². The monoisotopic (exact) mass is 206 g/mol. The molecular formula is C11H14N2O2. The lowest BCUT2D eigenvalue weighted by Crippen LogP contribution is -2.54. The van der Waals surface area contributed by atoms with Crippen LogP contribution in [0.5, 0.6) is 11.5 Å². The lowest BCUT2D eigenvalue weighted by Gasteiger charge is -2.36. The van der Waals surface area contributed by atoms with E-state index in [4.69, 9.17) is 15.2 Å². The summed E-state index contributed by atoms with van der Waals surface area (Å²) in [6, 6.07) is 6.46. The first kappa shape index (κ1) is 9.00. The summed E-state index contributed by atoms with van der Waals surface area (Å²) in [5.74, 6) is 1.70. The number of nitrogens with zero attached hydrogens (tertiary/aromatic N) is 1. The van der Waals surface area contributed by atoms with Gasteiger partial charge in [0.1, 0.15) is 0 Å². The molecule has 3 rings (SSSR count). The fraction of sp³-hybridized carbons (Fsp3) is 0.455. The van der Waals surface area contributed by atoms with E-state index in [0.29, 0.717) is 12.8 Å². The molecule has 0 unspecified atom stereocenters. The predicted molar refractivity (Wildman–Crippen MR) is 55.8 cm³/mol. The Morgan fingerprint density at radius 1 is 1.27 bits per heavy atom. The van der Waals surface area contributed by atoms with Crippen LogP contribution in [0.15, 0.2) is 18.2 Å². The minimum Gasteiger partial charge on any atom is -0.454 e. The second-order valence-electron chi connectivity index (χ2n) is 4.14. The largest absolute Gasteiger partial charge is 0.454 e. The minimum absolute atomic E-state index is 0.341. The van der Waals surface area contributed by atoms with Gasteiger partial charge in [-0.25, -0.2) is 0 Å². The number of hydrogen-bond donors (Lipinski definition) is 1. The average Bonchev–Trinajstić information content (AvgIpc) is 2.62. The van der Waals surface area contributed by atoms with Crippen molar-refractivity contribution in [2.45, 2.75) is 12.6 Å². The Morgan fingerprint density at radius 2 is 2.07 bits per heavy atom. The van der Waals surface area contributed by atoms with Crippen LogP contribution in [-0.4, -0.2) is 30.8 Å². The highest BCUT2D eigenvalue weighted by molar-refractivity contribution is 5.44. The third-order valence-corrected chi connectivity index (χ3v) is 2.83. The Balaban J connectivity index is 1.70. The van der Waals surface area contributed by atoms with Gasteiger partial charge in [0.25, 0.3) is 0 Å². The van der Waals surface area contributed by atoms with Crippen molar-refractivity contribution in [3.63, 3.8) is 0 Å². The molecule has 0 aromatic heterocycles. The SMILES string of the molecule is NC1CN(Cc2ccc3c(c2)OCO3)C1. The van der Waals surface area contributed by atoms with Crippen LogP contribution in [-0.2, 0) is 6.54 Å². The number of fused-ring (bicyclic) bond motifs is 1. The molecule has 2 heterocycles. The third-order valence-electron chi connectivity index (χ3n) is 2.83. The normalized spacial score (nSPS) is 20.3. The molecule has 0 saturated carbocycles. The first-order valence-electron chi connectivity index (χ1n) is 5.18. The second-order valence-corrected chi connectivity index (χ2v) is 4.14. The summed E-state index contributed by atoms with van der Waals surface area (Å²) in [5.41, 5.74) is 6.98. The van der Waals surface area contributed by atoms with Crippen molar-refractivity contribution < 1.29 is 9.47 Å². The molecule has 1 aromatic rings. The Labute approximate surface area is 88.6 Å². The molecule has 0 spiro atoms. The average molecular weight is 206 g/mol. The third kappa shape index (κ3) is 1.66. The van der Waals surface area contributed by atoms with Gasteiger partial charge in [0.15, 0.2) is 11.5 Å². The smallest absolute Gasteiger partial charge is 0.231 e. The van der Waals surface area contributed by atoms with Crippen LogP contribution in [0, 0.1) is 0 Å². The summed E-state index contributed by atoms with van der Waals surface area (Å²) in [7, 11) is 0. The molecule has 2 aliphatic heterocycles. The molecule has 0 bridgehead atoms. The number of rotatable bonds is 2. The minimum atomic E-state index is 0.341. The fourth-order valence-electron chi connectivity index (χ4n) is 2.04. The van der Waals surface area contributed by atoms with E-state index in [1.54, 1.807) is 0 Å². The zero-order chi connectivity index (χ0) is 10.3. The van der Waals surface area contributed by atoms with Crippen molar-refractivity contribution in [3.8, 4) is 11.5 Å². The molecule has 2 aliphatic rings. The molecule has 15 heavy (non-hydrogen) atoms. The standard InChI is InChI=1S/C11H14N2O2/c12-9-5-13(6-9)4-8-1-2-10-11(3-8)15-7-14-10/h1-3,9H,4-7,12H2. The number of likely N-dealkylation sites (tertiary alicyclic amines) is 1. The van der Waals surface area contributed by atoms with E-state index in [1.165, 1.54) is 5.56 Å². The van der Waals surface area contributed by atoms with E-state index in [-0.39, 0.29) is 0 Å². The van der Waals surface area contributed by atoms with E-state index < -0.39 is 0 Å². The lowest BCUT2D eigenvalue weighted by molar-refractivity contribution is 0.142. The molecule has 1 aromatic carbocycles. The highest BCUT2D eigenvalue weighted by Gasteiger charge is 2.23. The first-order valence-corrected chi connectivity index (χ1v) is 5.18. The van der Waals surface area contributed by atoms with Gasteiger partial charge >= 0.3 is 0 Å². The summed E-state index contributed by atoms with van der Waals surface area (Å²) in [6.07, 6.45) is 0. The molecule has 0 amide bonds. The van der Waals surface area contributed by atoms with Gasteiger partial charge in [0, 0.05) is 25.7 Å². The molecule has 4 heteroatoms. The molecular weight excluding hydrogens is 192 g/mol. The number of benzene rings is 1. The Bertz CT molecular complexity index is 375. The maximum Gasteiger partial charge on any atom is 0.231 e. The number of nitrogens with two attached hydrogens (primary N) is 1.